The first kappa shape index (κ1) is 16.1. The SMILES string of the molecule is O=C1C[C@H](c2ccco2)Cc2c1cnc1[nH]n(-c3nc4ccccc4o3)c(=O)c21. The number of carbonyl (C=O) groups excluding carboxylic acids is 1. The second-order valence-corrected chi connectivity index (χ2v) is 7.13. The van der Waals surface area contributed by atoms with Gasteiger partial charge in [0.05, 0.1) is 11.6 Å². The van der Waals surface area contributed by atoms with Gasteiger partial charge in [0, 0.05) is 24.1 Å². The summed E-state index contributed by atoms with van der Waals surface area (Å²) in [6, 6.07) is 11.1. The van der Waals surface area contributed by atoms with Gasteiger partial charge in [0.15, 0.2) is 17.0 Å². The molecule has 0 saturated carbocycles. The number of furan rings is 1. The van der Waals surface area contributed by atoms with Crippen LogP contribution in [0.2, 0.25) is 0 Å². The molecule has 0 bridgehead atoms. The molecular formula is C21H14N4O4. The molecule has 4 heterocycles. The fourth-order valence-electron chi connectivity index (χ4n) is 4.05. The number of nitrogens with zero attached hydrogens (tertiary/aromatic N) is 3. The number of fused-ring (bicyclic) bond motifs is 4. The molecule has 1 atom stereocenters. The van der Waals surface area contributed by atoms with Crippen molar-refractivity contribution in [2.75, 3.05) is 0 Å². The minimum atomic E-state index is -0.344. The quantitative estimate of drug-likeness (QED) is 0.498. The van der Waals surface area contributed by atoms with E-state index in [9.17, 15) is 9.59 Å². The Labute approximate surface area is 162 Å². The number of hydrogen-bond acceptors (Lipinski definition) is 6. The molecule has 1 aromatic carbocycles. The Bertz CT molecular complexity index is 1420. The van der Waals surface area contributed by atoms with Crippen molar-refractivity contribution in [3.05, 3.63) is 76.1 Å². The molecule has 8 nitrogen and oxygen atoms in total. The summed E-state index contributed by atoms with van der Waals surface area (Å²) in [4.78, 5) is 34.6. The summed E-state index contributed by atoms with van der Waals surface area (Å²) in [5.74, 6) is 0.586. The number of aromatic amines is 1. The van der Waals surface area contributed by atoms with Crippen molar-refractivity contribution < 1.29 is 13.6 Å². The van der Waals surface area contributed by atoms with Crippen molar-refractivity contribution in [2.24, 2.45) is 0 Å². The van der Waals surface area contributed by atoms with Crippen LogP contribution in [-0.2, 0) is 6.42 Å². The van der Waals surface area contributed by atoms with Gasteiger partial charge in [0.1, 0.15) is 11.3 Å². The number of H-pyrrole nitrogens is 1. The summed E-state index contributed by atoms with van der Waals surface area (Å²) in [6.45, 7) is 0. The Morgan fingerprint density at radius 2 is 2.00 bits per heavy atom. The number of nitrogens with one attached hydrogen (secondary N) is 1. The van der Waals surface area contributed by atoms with E-state index in [0.717, 1.165) is 5.76 Å². The van der Waals surface area contributed by atoms with Gasteiger partial charge in [-0.25, -0.2) is 4.98 Å². The van der Waals surface area contributed by atoms with Crippen LogP contribution in [0.4, 0.5) is 0 Å². The summed E-state index contributed by atoms with van der Waals surface area (Å²) in [5, 5.41) is 3.34. The van der Waals surface area contributed by atoms with Gasteiger partial charge in [-0.1, -0.05) is 12.1 Å². The Kier molecular flexibility index (Phi) is 3.20. The highest BCUT2D eigenvalue weighted by Gasteiger charge is 2.31. The zero-order valence-corrected chi connectivity index (χ0v) is 15.1. The molecular weight excluding hydrogens is 372 g/mol. The highest BCUT2D eigenvalue weighted by molar-refractivity contribution is 6.02. The standard InChI is InChI=1S/C21H14N4O4/c26-15-9-11(16-6-3-7-28-16)8-12-13(15)10-22-19-18(12)20(27)25(24-19)21-23-14-4-1-2-5-17(14)29-21/h1-7,10-11H,8-9H2,(H,22,24)/t11-/m1/s1. The zero-order chi connectivity index (χ0) is 19.5. The van der Waals surface area contributed by atoms with Crippen molar-refractivity contribution in [1.82, 2.24) is 19.7 Å². The van der Waals surface area contributed by atoms with Gasteiger partial charge < -0.3 is 8.83 Å². The van der Waals surface area contributed by atoms with Crippen molar-refractivity contribution in [2.45, 2.75) is 18.8 Å². The van der Waals surface area contributed by atoms with Crippen LogP contribution in [0, 0.1) is 0 Å². The molecule has 0 aliphatic heterocycles. The third-order valence-electron chi connectivity index (χ3n) is 5.42. The summed E-state index contributed by atoms with van der Waals surface area (Å²) in [7, 11) is 0. The second-order valence-electron chi connectivity index (χ2n) is 7.13. The number of carbonyl (C=O) groups is 1. The van der Waals surface area contributed by atoms with Crippen LogP contribution in [0.25, 0.3) is 28.1 Å². The predicted molar refractivity (Wildman–Crippen MR) is 103 cm³/mol. The third-order valence-corrected chi connectivity index (χ3v) is 5.42. The van der Waals surface area contributed by atoms with Crippen LogP contribution in [0.15, 0.2) is 62.5 Å². The molecule has 0 unspecified atom stereocenters. The maximum absolute atomic E-state index is 13.2. The number of aromatic nitrogens is 4. The first-order chi connectivity index (χ1) is 14.2. The van der Waals surface area contributed by atoms with Gasteiger partial charge in [0.25, 0.3) is 5.56 Å². The van der Waals surface area contributed by atoms with Crippen molar-refractivity contribution in [3.8, 4) is 6.01 Å². The molecule has 29 heavy (non-hydrogen) atoms. The molecule has 5 aromatic rings. The average molecular weight is 386 g/mol. The lowest BCUT2D eigenvalue weighted by Gasteiger charge is -2.21. The minimum absolute atomic E-state index is 0.0453. The molecule has 6 rings (SSSR count). The van der Waals surface area contributed by atoms with Crippen LogP contribution in [0.1, 0.15) is 34.0 Å². The maximum Gasteiger partial charge on any atom is 0.325 e. The Morgan fingerprint density at radius 3 is 2.83 bits per heavy atom. The van der Waals surface area contributed by atoms with Crippen LogP contribution in [0.3, 0.4) is 0 Å². The van der Waals surface area contributed by atoms with E-state index in [1.807, 2.05) is 24.3 Å². The Hall–Kier alpha value is -3.94. The van der Waals surface area contributed by atoms with E-state index in [2.05, 4.69) is 15.1 Å². The number of oxazole rings is 1. The molecule has 0 saturated heterocycles. The normalized spacial score (nSPS) is 16.6. The van der Waals surface area contributed by atoms with Gasteiger partial charge in [0.2, 0.25) is 0 Å². The fraction of sp³-hybridized carbons (Fsp3) is 0.143. The van der Waals surface area contributed by atoms with E-state index in [-0.39, 0.29) is 23.3 Å². The number of Topliss-reactive ketones (excluding diaryl/α,β-unsaturated/α-hetero) is 1. The van der Waals surface area contributed by atoms with Gasteiger partial charge in [-0.3, -0.25) is 14.7 Å². The summed E-state index contributed by atoms with van der Waals surface area (Å²) >= 11 is 0. The fourth-order valence-corrected chi connectivity index (χ4v) is 4.05. The van der Waals surface area contributed by atoms with E-state index >= 15 is 0 Å². The molecule has 1 N–H and O–H groups in total. The molecule has 0 fully saturated rings. The first-order valence-corrected chi connectivity index (χ1v) is 9.24. The number of benzene rings is 1. The van der Waals surface area contributed by atoms with Gasteiger partial charge in [-0.2, -0.15) is 9.67 Å². The lowest BCUT2D eigenvalue weighted by atomic mass is 9.81. The maximum atomic E-state index is 13.2. The van der Waals surface area contributed by atoms with Crippen molar-refractivity contribution in [3.63, 3.8) is 0 Å². The van der Waals surface area contributed by atoms with E-state index in [1.54, 1.807) is 18.4 Å². The molecule has 0 radical (unpaired) electrons. The summed E-state index contributed by atoms with van der Waals surface area (Å²) in [5.41, 5.74) is 2.45. The van der Waals surface area contributed by atoms with Crippen LogP contribution in [0.5, 0.6) is 0 Å². The summed E-state index contributed by atoms with van der Waals surface area (Å²) < 4.78 is 12.5. The number of pyridine rings is 1. The van der Waals surface area contributed by atoms with Crippen molar-refractivity contribution in [1.29, 1.82) is 0 Å². The molecule has 142 valence electrons. The Balaban J connectivity index is 1.55. The number of rotatable bonds is 2. The monoisotopic (exact) mass is 386 g/mol. The number of ketones is 1. The van der Waals surface area contributed by atoms with Crippen LogP contribution < -0.4 is 5.56 Å². The van der Waals surface area contributed by atoms with E-state index in [0.29, 0.717) is 46.1 Å². The molecule has 0 spiro atoms. The van der Waals surface area contributed by atoms with Gasteiger partial charge in [-0.15, -0.1) is 0 Å². The van der Waals surface area contributed by atoms with Crippen molar-refractivity contribution >= 4 is 27.9 Å². The largest absolute Gasteiger partial charge is 0.469 e. The number of para-hydroxylation sites is 2. The van der Waals surface area contributed by atoms with Gasteiger partial charge >= 0.3 is 6.01 Å². The first-order valence-electron chi connectivity index (χ1n) is 9.24. The molecule has 1 aliphatic carbocycles. The third kappa shape index (κ3) is 2.32. The number of hydrogen-bond donors (Lipinski definition) is 1. The molecule has 0 amide bonds. The smallest absolute Gasteiger partial charge is 0.325 e. The van der Waals surface area contributed by atoms with Gasteiger partial charge in [-0.05, 0) is 36.2 Å². The lowest BCUT2D eigenvalue weighted by Crippen LogP contribution is -2.21. The van der Waals surface area contributed by atoms with E-state index in [4.69, 9.17) is 8.83 Å². The summed E-state index contributed by atoms with van der Waals surface area (Å²) in [6.07, 6.45) is 3.98. The molecule has 4 aromatic heterocycles. The van der Waals surface area contributed by atoms with Crippen LogP contribution >= 0.6 is 0 Å². The minimum Gasteiger partial charge on any atom is -0.469 e. The lowest BCUT2D eigenvalue weighted by molar-refractivity contribution is 0.0960. The van der Waals surface area contributed by atoms with E-state index < -0.39 is 0 Å². The zero-order valence-electron chi connectivity index (χ0n) is 15.1. The molecule has 1 aliphatic rings. The molecule has 8 heteroatoms. The second kappa shape index (κ2) is 5.78. The van der Waals surface area contributed by atoms with E-state index in [1.165, 1.54) is 10.9 Å². The van der Waals surface area contributed by atoms with Crippen LogP contribution in [-0.4, -0.2) is 25.5 Å². The highest BCUT2D eigenvalue weighted by atomic mass is 16.4. The Morgan fingerprint density at radius 1 is 1.10 bits per heavy atom. The predicted octanol–water partition coefficient (Wildman–Crippen LogP) is 3.36. The average Bonchev–Trinajstić information content (AvgIpc) is 3.46. The topological polar surface area (TPSA) is 107 Å². The highest BCUT2D eigenvalue weighted by Crippen LogP contribution is 2.35.